The number of phenols is 1. The fraction of sp³-hybridized carbons (Fsp3) is 0.182. The van der Waals surface area contributed by atoms with Gasteiger partial charge in [-0.05, 0) is 68.6 Å². The molecule has 31 heavy (non-hydrogen) atoms. The molecule has 1 aromatic heterocycles. The largest absolute Gasteiger partial charge is 0.506 e. The van der Waals surface area contributed by atoms with Gasteiger partial charge >= 0.3 is 0 Å². The van der Waals surface area contributed by atoms with Crippen molar-refractivity contribution in [3.05, 3.63) is 67.2 Å². The second kappa shape index (κ2) is 10.3. The predicted octanol–water partition coefficient (Wildman–Crippen LogP) is 5.82. The number of hydrogen-bond acceptors (Lipinski definition) is 6. The van der Waals surface area contributed by atoms with Gasteiger partial charge in [0, 0.05) is 17.0 Å². The van der Waals surface area contributed by atoms with E-state index in [1.807, 2.05) is 30.5 Å². The topological polar surface area (TPSA) is 68.3 Å². The number of hydrogen-bond donors (Lipinski definition) is 1. The van der Waals surface area contributed by atoms with E-state index in [1.165, 1.54) is 11.3 Å². The van der Waals surface area contributed by atoms with Crippen LogP contribution in [-0.4, -0.2) is 36.8 Å². The molecule has 3 rings (SSSR count). The van der Waals surface area contributed by atoms with Crippen LogP contribution in [0, 0.1) is 0 Å². The Morgan fingerprint density at radius 3 is 2.52 bits per heavy atom. The van der Waals surface area contributed by atoms with Crippen LogP contribution in [0.25, 0.3) is 11.3 Å². The van der Waals surface area contributed by atoms with Gasteiger partial charge in [0.2, 0.25) is 4.80 Å². The molecule has 0 spiro atoms. The smallest absolute Gasteiger partial charge is 0.206 e. The van der Waals surface area contributed by atoms with Crippen LogP contribution in [-0.2, 0) is 0 Å². The summed E-state index contributed by atoms with van der Waals surface area (Å²) in [6, 6.07) is 9.22. The number of ether oxygens (including phenoxy) is 2. The first-order chi connectivity index (χ1) is 14.8. The molecule has 0 saturated heterocycles. The van der Waals surface area contributed by atoms with Gasteiger partial charge in [-0.1, -0.05) is 12.2 Å². The van der Waals surface area contributed by atoms with Crippen molar-refractivity contribution in [1.29, 1.82) is 0 Å². The number of rotatable bonds is 7. The van der Waals surface area contributed by atoms with Crippen LogP contribution in [0.2, 0.25) is 0 Å². The fourth-order valence-corrected chi connectivity index (χ4v) is 4.75. The fourth-order valence-electron chi connectivity index (χ4n) is 2.70. The molecule has 0 unspecified atom stereocenters. The van der Waals surface area contributed by atoms with E-state index < -0.39 is 0 Å². The molecule has 3 aromatic rings. The summed E-state index contributed by atoms with van der Waals surface area (Å²) in [5.41, 5.74) is 3.45. The van der Waals surface area contributed by atoms with E-state index in [0.717, 1.165) is 27.2 Å². The number of halogens is 2. The predicted molar refractivity (Wildman–Crippen MR) is 133 cm³/mol. The van der Waals surface area contributed by atoms with E-state index >= 15 is 0 Å². The van der Waals surface area contributed by atoms with Gasteiger partial charge in [0.15, 0.2) is 0 Å². The molecular formula is C22H21Br2N3O3S. The minimum Gasteiger partial charge on any atom is -0.506 e. The summed E-state index contributed by atoms with van der Waals surface area (Å²) < 4.78 is 13.8. The molecule has 0 amide bonds. The lowest BCUT2D eigenvalue weighted by Gasteiger charge is -2.11. The van der Waals surface area contributed by atoms with Crippen molar-refractivity contribution in [3.63, 3.8) is 0 Å². The molecule has 0 atom stereocenters. The monoisotopic (exact) mass is 565 g/mol. The van der Waals surface area contributed by atoms with E-state index in [4.69, 9.17) is 9.47 Å². The van der Waals surface area contributed by atoms with Gasteiger partial charge in [-0.2, -0.15) is 5.10 Å². The minimum atomic E-state index is 0.140. The Morgan fingerprint density at radius 1 is 1.19 bits per heavy atom. The summed E-state index contributed by atoms with van der Waals surface area (Å²) in [5, 5.41) is 16.6. The van der Waals surface area contributed by atoms with Crippen molar-refractivity contribution in [3.8, 4) is 28.5 Å². The first-order valence-electron chi connectivity index (χ1n) is 9.14. The van der Waals surface area contributed by atoms with E-state index in [9.17, 15) is 5.11 Å². The number of methoxy groups -OCH3 is 2. The Hall–Kier alpha value is -2.36. The summed E-state index contributed by atoms with van der Waals surface area (Å²) in [4.78, 5) is 5.37. The summed E-state index contributed by atoms with van der Waals surface area (Å²) >= 11 is 8.19. The Balaban J connectivity index is 2.15. The van der Waals surface area contributed by atoms with Crippen molar-refractivity contribution in [2.45, 2.75) is 6.92 Å². The molecule has 0 aliphatic carbocycles. The van der Waals surface area contributed by atoms with Gasteiger partial charge in [-0.25, -0.2) is 4.68 Å². The number of aromatic nitrogens is 1. The highest BCUT2D eigenvalue weighted by atomic mass is 79.9. The molecule has 0 fully saturated rings. The number of nitrogens with zero attached hydrogens (tertiary/aromatic N) is 3. The molecule has 0 bridgehead atoms. The maximum atomic E-state index is 9.95. The number of thiazole rings is 1. The standard InChI is InChI=1S/C22H21Br2N3O3S/c1-13(2)10-25-22-27(26-11-14-7-17(23)21(28)18(24)8-14)19(12-31-22)16-6-5-15(29-3)9-20(16)30-4/h5-9,11-12,28H,1,10H2,2-4H3. The molecule has 0 aliphatic heterocycles. The molecule has 2 aromatic carbocycles. The van der Waals surface area contributed by atoms with Crippen molar-refractivity contribution >= 4 is 49.4 Å². The average molecular weight is 567 g/mol. The Bertz CT molecular complexity index is 1190. The van der Waals surface area contributed by atoms with Crippen LogP contribution in [0.15, 0.2) is 66.9 Å². The SMILES string of the molecule is C=C(C)CN=c1scc(-c2ccc(OC)cc2OC)n1N=Cc1cc(Br)c(O)c(Br)c1. The summed E-state index contributed by atoms with van der Waals surface area (Å²) in [7, 11) is 3.24. The van der Waals surface area contributed by atoms with Crippen molar-refractivity contribution in [1.82, 2.24) is 4.68 Å². The maximum Gasteiger partial charge on any atom is 0.206 e. The van der Waals surface area contributed by atoms with Crippen LogP contribution >= 0.6 is 43.2 Å². The second-order valence-electron chi connectivity index (χ2n) is 6.63. The number of phenolic OH excluding ortho intramolecular Hbond substituents is 1. The minimum absolute atomic E-state index is 0.140. The zero-order chi connectivity index (χ0) is 22.5. The Labute approximate surface area is 201 Å². The van der Waals surface area contributed by atoms with Gasteiger partial charge in [0.25, 0.3) is 0 Å². The molecule has 9 heteroatoms. The van der Waals surface area contributed by atoms with Crippen LogP contribution in [0.5, 0.6) is 17.2 Å². The molecule has 0 aliphatic rings. The van der Waals surface area contributed by atoms with Crippen LogP contribution in [0.4, 0.5) is 0 Å². The third-order valence-electron chi connectivity index (χ3n) is 4.22. The van der Waals surface area contributed by atoms with E-state index in [0.29, 0.717) is 27.0 Å². The van der Waals surface area contributed by atoms with Gasteiger partial charge in [-0.3, -0.25) is 4.99 Å². The van der Waals surface area contributed by atoms with Crippen LogP contribution < -0.4 is 14.3 Å². The quantitative estimate of drug-likeness (QED) is 0.289. The van der Waals surface area contributed by atoms with E-state index in [-0.39, 0.29) is 5.75 Å². The molecule has 0 radical (unpaired) electrons. The highest BCUT2D eigenvalue weighted by Gasteiger charge is 2.14. The first kappa shape index (κ1) is 23.3. The highest BCUT2D eigenvalue weighted by Crippen LogP contribution is 2.34. The maximum absolute atomic E-state index is 9.95. The molecule has 162 valence electrons. The summed E-state index contributed by atoms with van der Waals surface area (Å²) in [6.07, 6.45) is 1.71. The molecule has 1 heterocycles. The zero-order valence-electron chi connectivity index (χ0n) is 17.2. The van der Waals surface area contributed by atoms with Gasteiger partial charge in [0.1, 0.15) is 17.2 Å². The van der Waals surface area contributed by atoms with Crippen molar-refractivity contribution < 1.29 is 14.6 Å². The van der Waals surface area contributed by atoms with Crippen molar-refractivity contribution in [2.75, 3.05) is 20.8 Å². The van der Waals surface area contributed by atoms with Crippen LogP contribution in [0.3, 0.4) is 0 Å². The summed E-state index contributed by atoms with van der Waals surface area (Å²) in [5.74, 6) is 1.51. The molecule has 0 saturated carbocycles. The summed E-state index contributed by atoms with van der Waals surface area (Å²) in [6.45, 7) is 6.37. The molecule has 1 N–H and O–H groups in total. The highest BCUT2D eigenvalue weighted by molar-refractivity contribution is 9.11. The molecule has 6 nitrogen and oxygen atoms in total. The third kappa shape index (κ3) is 5.47. The van der Waals surface area contributed by atoms with Gasteiger partial charge in [0.05, 0.1) is 41.6 Å². The van der Waals surface area contributed by atoms with E-state index in [1.54, 1.807) is 37.2 Å². The molecular weight excluding hydrogens is 546 g/mol. The lowest BCUT2D eigenvalue weighted by atomic mass is 10.1. The van der Waals surface area contributed by atoms with E-state index in [2.05, 4.69) is 48.5 Å². The lowest BCUT2D eigenvalue weighted by Crippen LogP contribution is -2.13. The van der Waals surface area contributed by atoms with Gasteiger partial charge in [-0.15, -0.1) is 11.3 Å². The lowest BCUT2D eigenvalue weighted by molar-refractivity contribution is 0.395. The third-order valence-corrected chi connectivity index (χ3v) is 6.28. The zero-order valence-corrected chi connectivity index (χ0v) is 21.2. The number of aromatic hydroxyl groups is 1. The number of benzene rings is 2. The average Bonchev–Trinajstić information content (AvgIpc) is 3.16. The van der Waals surface area contributed by atoms with Gasteiger partial charge < -0.3 is 14.6 Å². The Kier molecular flexibility index (Phi) is 7.74. The van der Waals surface area contributed by atoms with Crippen LogP contribution in [0.1, 0.15) is 12.5 Å². The second-order valence-corrected chi connectivity index (χ2v) is 9.18. The Morgan fingerprint density at radius 2 is 1.90 bits per heavy atom. The first-order valence-corrected chi connectivity index (χ1v) is 11.6. The van der Waals surface area contributed by atoms with Crippen molar-refractivity contribution in [2.24, 2.45) is 10.1 Å². The normalized spacial score (nSPS) is 11.8.